The number of hydrogen-bond donors (Lipinski definition) is 0. The van der Waals surface area contributed by atoms with Gasteiger partial charge >= 0.3 is 35.8 Å². The lowest BCUT2D eigenvalue weighted by Crippen LogP contribution is -2.42. The average molecular weight is 1130 g/mol. The molecule has 0 aromatic rings. The van der Waals surface area contributed by atoms with E-state index in [0.717, 1.165) is 161 Å². The Hall–Kier alpha value is -3.18. The molecule has 12 nitrogen and oxygen atoms in total. The lowest BCUT2D eigenvalue weighted by atomic mass is 9.81. The van der Waals surface area contributed by atoms with Gasteiger partial charge in [-0.05, 0) is 234 Å². The monoisotopic (exact) mass is 1130 g/mol. The highest BCUT2D eigenvalue weighted by atomic mass is 16.6. The second kappa shape index (κ2) is 30.1. The van der Waals surface area contributed by atoms with E-state index in [9.17, 15) is 28.8 Å². The van der Waals surface area contributed by atoms with Crippen LogP contribution in [0.3, 0.4) is 0 Å². The molecule has 0 N–H and O–H groups in total. The Morgan fingerprint density at radius 3 is 0.963 bits per heavy atom. The van der Waals surface area contributed by atoms with Gasteiger partial charge in [-0.1, -0.05) is 78.7 Å². The van der Waals surface area contributed by atoms with Crippen LogP contribution < -0.4 is 0 Å². The van der Waals surface area contributed by atoms with Gasteiger partial charge in [-0.3, -0.25) is 28.8 Å². The first-order valence-electron chi connectivity index (χ1n) is 30.1. The van der Waals surface area contributed by atoms with Crippen LogP contribution in [0.2, 0.25) is 0 Å². The summed E-state index contributed by atoms with van der Waals surface area (Å²) in [6, 6.07) is 0. The molecular formula is C68H124O12. The summed E-state index contributed by atoms with van der Waals surface area (Å²) in [4.78, 5) is 75.6. The lowest BCUT2D eigenvalue weighted by Gasteiger charge is -2.38. The first-order chi connectivity index (χ1) is 34.8. The van der Waals surface area contributed by atoms with Crippen LogP contribution >= 0.6 is 0 Å². The maximum absolute atomic E-state index is 13.0. The third-order valence-electron chi connectivity index (χ3n) is 20.6. The van der Waals surface area contributed by atoms with Gasteiger partial charge in [0.25, 0.3) is 0 Å². The summed E-state index contributed by atoms with van der Waals surface area (Å²) in [5, 5.41) is 0. The van der Waals surface area contributed by atoms with Gasteiger partial charge < -0.3 is 28.4 Å². The second-order valence-corrected chi connectivity index (χ2v) is 27.8. The maximum Gasteiger partial charge on any atom is 0.311 e. The lowest BCUT2D eigenvalue weighted by molar-refractivity contribution is -0.177. The summed E-state index contributed by atoms with van der Waals surface area (Å²) in [7, 11) is 0. The molecule has 0 saturated heterocycles. The molecule has 0 spiro atoms. The van der Waals surface area contributed by atoms with E-state index in [4.69, 9.17) is 28.4 Å². The van der Waals surface area contributed by atoms with Gasteiger partial charge in [0.05, 0.1) is 34.0 Å². The van der Waals surface area contributed by atoms with Crippen LogP contribution in [0, 0.1) is 69.5 Å². The van der Waals surface area contributed by atoms with Gasteiger partial charge in [0, 0.05) is 17.8 Å². The zero-order valence-corrected chi connectivity index (χ0v) is 48.2. The zero-order chi connectivity index (χ0) is 54.0. The fourth-order valence-electron chi connectivity index (χ4n) is 14.7. The highest BCUT2D eigenvalue weighted by Crippen LogP contribution is 2.54. The van der Waals surface area contributed by atoms with Crippen LogP contribution in [-0.4, -0.2) is 70.9 Å². The van der Waals surface area contributed by atoms with E-state index in [1.807, 2.05) is 62.3 Å². The first kappa shape index (κ1) is 74.8. The molecular weight excluding hydrogens is 1010 g/mol. The number of rotatable bonds is 15. The third kappa shape index (κ3) is 17.2. The minimum Gasteiger partial charge on any atom is -0.462 e. The smallest absolute Gasteiger partial charge is 0.311 e. The van der Waals surface area contributed by atoms with Crippen molar-refractivity contribution in [1.29, 1.82) is 0 Å². The van der Waals surface area contributed by atoms with E-state index in [1.165, 1.54) is 6.42 Å². The molecule has 0 heterocycles. The molecule has 0 radical (unpaired) electrons. The molecule has 9 saturated carbocycles. The minimum absolute atomic E-state index is 0. The highest BCUT2D eigenvalue weighted by Gasteiger charge is 2.56. The van der Waals surface area contributed by atoms with Crippen molar-refractivity contribution < 1.29 is 57.2 Å². The molecule has 0 aliphatic heterocycles. The number of esters is 6. The Labute approximate surface area is 490 Å². The summed E-state index contributed by atoms with van der Waals surface area (Å²) in [5.41, 5.74) is -2.13. The Morgan fingerprint density at radius 1 is 0.388 bits per heavy atom. The largest absolute Gasteiger partial charge is 0.462 e. The number of fused-ring (bicyclic) bond motifs is 6. The molecule has 6 bridgehead atoms. The van der Waals surface area contributed by atoms with Crippen LogP contribution in [0.1, 0.15) is 295 Å². The zero-order valence-electron chi connectivity index (χ0n) is 48.2. The van der Waals surface area contributed by atoms with Gasteiger partial charge in [-0.15, -0.1) is 0 Å². The number of carbonyl (C=O) groups is 6. The van der Waals surface area contributed by atoms with Crippen LogP contribution in [0.5, 0.6) is 0 Å². The molecule has 0 amide bonds. The highest BCUT2D eigenvalue weighted by molar-refractivity contribution is 5.78. The van der Waals surface area contributed by atoms with Crippen molar-refractivity contribution >= 4 is 35.8 Å². The Bertz CT molecular complexity index is 1980. The fraction of sp³-hybridized carbons (Fsp3) is 0.912. The Balaban J connectivity index is 0.000000579. The summed E-state index contributed by atoms with van der Waals surface area (Å²) >= 11 is 0. The van der Waals surface area contributed by atoms with Crippen molar-refractivity contribution in [3.05, 3.63) is 0 Å². The number of hydrogen-bond acceptors (Lipinski definition) is 12. The SMILES string of the molecule is C.C.C.C.C.C.CC1(OC(=O)C2CC3CC(OC(=O)C(C)(C)C)C2C3)CCCC1.CCC1(OC(=O)C2CC3CC(OC(=O)C(C)(C)CC)C2C3)CCCC1.CCC1(OC(=O)C2CC3CC(OC(=O)C(C)(C)CC)C2C3)CCCCC1. The van der Waals surface area contributed by atoms with Crippen molar-refractivity contribution in [3.63, 3.8) is 0 Å². The van der Waals surface area contributed by atoms with Crippen LogP contribution in [0.4, 0.5) is 0 Å². The van der Waals surface area contributed by atoms with Gasteiger partial charge in [0.2, 0.25) is 0 Å². The summed E-state index contributed by atoms with van der Waals surface area (Å²) < 4.78 is 35.5. The third-order valence-corrected chi connectivity index (χ3v) is 20.6. The predicted octanol–water partition coefficient (Wildman–Crippen LogP) is 17.4. The molecule has 468 valence electrons. The Kier molecular flexibility index (Phi) is 28.1. The van der Waals surface area contributed by atoms with E-state index in [2.05, 4.69) is 20.8 Å². The molecule has 9 aliphatic rings. The van der Waals surface area contributed by atoms with E-state index in [0.29, 0.717) is 17.8 Å². The van der Waals surface area contributed by atoms with Crippen molar-refractivity contribution in [2.24, 2.45) is 69.5 Å². The topological polar surface area (TPSA) is 158 Å². The van der Waals surface area contributed by atoms with Crippen molar-refractivity contribution in [1.82, 2.24) is 0 Å². The van der Waals surface area contributed by atoms with Crippen LogP contribution in [0.15, 0.2) is 0 Å². The van der Waals surface area contributed by atoms with E-state index >= 15 is 0 Å². The quantitative estimate of drug-likeness (QED) is 0.113. The van der Waals surface area contributed by atoms with E-state index in [-0.39, 0.29) is 151 Å². The molecule has 0 aromatic carbocycles. The first-order valence-corrected chi connectivity index (χ1v) is 30.1. The predicted molar refractivity (Wildman–Crippen MR) is 323 cm³/mol. The molecule has 9 rings (SSSR count). The second-order valence-electron chi connectivity index (χ2n) is 27.8. The van der Waals surface area contributed by atoms with Crippen molar-refractivity contribution in [2.45, 2.75) is 330 Å². The molecule has 9 aliphatic carbocycles. The van der Waals surface area contributed by atoms with Crippen LogP contribution in [0.25, 0.3) is 0 Å². The van der Waals surface area contributed by atoms with E-state index in [1.54, 1.807) is 0 Å². The standard InChI is InChI=1S/C22H36O4.C21H34O4.C19H30O4.6CH4/c1-5-21(3,4)20(24)25-18-14-15-12-16(18)17(13-15)19(23)26-22(6-2)10-8-7-9-11-22;1-5-20(3,4)19(23)24-17-13-14-11-15(17)16(12-14)18(22)25-21(6-2)9-7-8-10-21;1-18(2,3)17(21)22-15-11-12-9-13(15)14(10-12)16(20)23-19(4)7-5-6-8-19;;;;;;/h15-18H,5-14H2,1-4H3;14-17H,5-13H2,1-4H3;12-15H,5-11H2,1-4H3;6*1H4. The number of ether oxygens (including phenoxy) is 6. The maximum atomic E-state index is 13.0. The van der Waals surface area contributed by atoms with Gasteiger partial charge in [-0.2, -0.15) is 0 Å². The average Bonchev–Trinajstić information content (AvgIpc) is 4.24. The molecule has 9 fully saturated rings. The van der Waals surface area contributed by atoms with Gasteiger partial charge in [0.15, 0.2) is 0 Å². The van der Waals surface area contributed by atoms with Crippen molar-refractivity contribution in [2.75, 3.05) is 0 Å². The summed E-state index contributed by atoms with van der Waals surface area (Å²) in [5.74, 6) is 1.21. The Morgan fingerprint density at radius 2 is 0.675 bits per heavy atom. The number of carbonyl (C=O) groups excluding carboxylic acids is 6. The minimum atomic E-state index is -0.491. The van der Waals surface area contributed by atoms with Gasteiger partial charge in [0.1, 0.15) is 35.1 Å². The normalized spacial score (nSPS) is 31.4. The fourth-order valence-corrected chi connectivity index (χ4v) is 14.7. The summed E-state index contributed by atoms with van der Waals surface area (Å²) in [6.07, 6.45) is 25.6. The molecule has 12 unspecified atom stereocenters. The van der Waals surface area contributed by atoms with E-state index < -0.39 is 16.2 Å². The van der Waals surface area contributed by atoms with Crippen molar-refractivity contribution in [3.8, 4) is 0 Å². The molecule has 80 heavy (non-hydrogen) atoms. The molecule has 0 aromatic heterocycles. The molecule has 12 heteroatoms. The van der Waals surface area contributed by atoms with Crippen LogP contribution in [-0.2, 0) is 57.2 Å². The summed E-state index contributed by atoms with van der Waals surface area (Å²) in [6.45, 7) is 23.7. The molecule has 12 atom stereocenters. The van der Waals surface area contributed by atoms with Gasteiger partial charge in [-0.25, -0.2) is 0 Å².